The number of hydrogen-bond donors (Lipinski definition) is 7. The minimum absolute atomic E-state index is 0.0169. The fraction of sp³-hybridized carbons (Fsp3) is 0.412. The number of aliphatic hydroxyl groups excluding tert-OH is 3. The van der Waals surface area contributed by atoms with Gasteiger partial charge in [-0.05, 0) is 37.1 Å². The second-order valence-electron chi connectivity index (χ2n) is 7.16. The van der Waals surface area contributed by atoms with Gasteiger partial charge in [0.05, 0.1) is 6.61 Å². The molecule has 7 N–H and O–H groups in total. The molecule has 14 heteroatoms. The summed E-state index contributed by atoms with van der Waals surface area (Å²) in [6.07, 6.45) is -5.36. The van der Waals surface area contributed by atoms with Crippen LogP contribution >= 0.6 is 7.82 Å². The summed E-state index contributed by atoms with van der Waals surface area (Å²) < 4.78 is 16.3. The molecule has 0 aliphatic carbocycles. The lowest BCUT2D eigenvalue weighted by atomic mass is 10.1. The van der Waals surface area contributed by atoms with Crippen molar-refractivity contribution in [1.29, 1.82) is 0 Å². The van der Waals surface area contributed by atoms with E-state index in [2.05, 4.69) is 19.5 Å². The number of benzene rings is 1. The summed E-state index contributed by atoms with van der Waals surface area (Å²) in [4.78, 5) is 50.3. The molecule has 168 valence electrons. The Morgan fingerprint density at radius 2 is 1.74 bits per heavy atom. The number of aromatic amines is 2. The zero-order valence-corrected chi connectivity index (χ0v) is 17.4. The van der Waals surface area contributed by atoms with Crippen LogP contribution in [0.5, 0.6) is 0 Å². The monoisotopic (exact) mass is 457 g/mol. The third-order valence-corrected chi connectivity index (χ3v) is 5.34. The van der Waals surface area contributed by atoms with Crippen molar-refractivity contribution in [1.82, 2.24) is 15.0 Å². The first-order chi connectivity index (χ1) is 14.4. The lowest BCUT2D eigenvalue weighted by Crippen LogP contribution is -2.51. The summed E-state index contributed by atoms with van der Waals surface area (Å²) in [5, 5.41) is 30.6. The van der Waals surface area contributed by atoms with Gasteiger partial charge in [-0.3, -0.25) is 14.3 Å². The van der Waals surface area contributed by atoms with Crippen molar-refractivity contribution in [3.8, 4) is 0 Å². The lowest BCUT2D eigenvalue weighted by molar-refractivity contribution is -0.657. The van der Waals surface area contributed by atoms with Crippen molar-refractivity contribution in [2.75, 3.05) is 6.61 Å². The number of nitrogens with zero attached hydrogens (tertiary/aromatic N) is 2. The number of phosphoric ester groups is 1. The molecule has 0 saturated carbocycles. The third-order valence-electron chi connectivity index (χ3n) is 4.85. The molecule has 0 radical (unpaired) electrons. The van der Waals surface area contributed by atoms with Crippen LogP contribution in [0.15, 0.2) is 21.7 Å². The summed E-state index contributed by atoms with van der Waals surface area (Å²) in [6, 6.07) is 3.44. The molecule has 3 aromatic rings. The van der Waals surface area contributed by atoms with Gasteiger partial charge in [0.1, 0.15) is 30.4 Å². The van der Waals surface area contributed by atoms with Crippen LogP contribution in [0.1, 0.15) is 11.1 Å². The van der Waals surface area contributed by atoms with E-state index in [0.29, 0.717) is 11.0 Å². The smallest absolute Gasteiger partial charge is 0.388 e. The molecule has 3 atom stereocenters. The van der Waals surface area contributed by atoms with Crippen LogP contribution in [-0.2, 0) is 15.6 Å². The fourth-order valence-electron chi connectivity index (χ4n) is 3.11. The Morgan fingerprint density at radius 3 is 2.39 bits per heavy atom. The molecule has 2 heterocycles. The van der Waals surface area contributed by atoms with Crippen LogP contribution in [0.2, 0.25) is 0 Å². The number of phosphoric acid groups is 1. The zero-order valence-electron chi connectivity index (χ0n) is 16.5. The second-order valence-corrected chi connectivity index (χ2v) is 8.40. The molecule has 13 nitrogen and oxygen atoms in total. The van der Waals surface area contributed by atoms with Crippen LogP contribution in [0, 0.1) is 13.8 Å². The number of aryl methyl sites for hydroxylation is 2. The molecule has 0 spiro atoms. The Morgan fingerprint density at radius 1 is 1.10 bits per heavy atom. The van der Waals surface area contributed by atoms with Crippen molar-refractivity contribution in [2.45, 2.75) is 38.7 Å². The molecule has 3 rings (SSSR count). The first kappa shape index (κ1) is 23.2. The largest absolute Gasteiger partial charge is 0.469 e. The van der Waals surface area contributed by atoms with Crippen LogP contribution in [0.3, 0.4) is 0 Å². The molecular weight excluding hydrogens is 435 g/mol. The van der Waals surface area contributed by atoms with Gasteiger partial charge in [-0.25, -0.2) is 18.9 Å². The van der Waals surface area contributed by atoms with Gasteiger partial charge >= 0.3 is 19.2 Å². The maximum atomic E-state index is 12.3. The molecule has 31 heavy (non-hydrogen) atoms. The molecule has 0 bridgehead atoms. The first-order valence-electron chi connectivity index (χ1n) is 9.09. The highest BCUT2D eigenvalue weighted by atomic mass is 31.2. The van der Waals surface area contributed by atoms with Crippen molar-refractivity contribution in [2.24, 2.45) is 0 Å². The number of fused-ring (bicyclic) bond motifs is 2. The van der Waals surface area contributed by atoms with Crippen LogP contribution in [-0.4, -0.2) is 65.0 Å². The molecule has 1 aromatic carbocycles. The van der Waals surface area contributed by atoms with Gasteiger partial charge in [-0.2, -0.15) is 4.98 Å². The highest BCUT2D eigenvalue weighted by Gasteiger charge is 2.31. The Bertz CT molecular complexity index is 1300. The van der Waals surface area contributed by atoms with Gasteiger partial charge in [0.15, 0.2) is 5.52 Å². The predicted molar refractivity (Wildman–Crippen MR) is 106 cm³/mol. The van der Waals surface area contributed by atoms with Crippen molar-refractivity contribution in [3.63, 3.8) is 0 Å². The zero-order chi connectivity index (χ0) is 23.1. The van der Waals surface area contributed by atoms with Crippen LogP contribution in [0.25, 0.3) is 22.2 Å². The Kier molecular flexibility index (Phi) is 6.39. The van der Waals surface area contributed by atoms with E-state index in [-0.39, 0.29) is 11.2 Å². The van der Waals surface area contributed by atoms with Crippen molar-refractivity contribution in [3.05, 3.63) is 44.1 Å². The maximum absolute atomic E-state index is 12.3. The van der Waals surface area contributed by atoms with E-state index in [1.807, 2.05) is 13.8 Å². The number of hydrogen-bond acceptors (Lipinski definition) is 8. The minimum atomic E-state index is -4.89. The molecule has 0 aliphatic heterocycles. The highest BCUT2D eigenvalue weighted by molar-refractivity contribution is 7.46. The number of nitrogens with one attached hydrogen (secondary N) is 2. The number of rotatable bonds is 7. The average molecular weight is 457 g/mol. The van der Waals surface area contributed by atoms with E-state index in [0.717, 1.165) is 11.1 Å². The average Bonchev–Trinajstić information content (AvgIpc) is 2.67. The topological polar surface area (TPSA) is 210 Å². The fourth-order valence-corrected chi connectivity index (χ4v) is 3.46. The molecule has 0 fully saturated rings. The minimum Gasteiger partial charge on any atom is -0.388 e. The van der Waals surface area contributed by atoms with E-state index in [9.17, 15) is 29.5 Å². The molecular formula is C17H22N4O9P+. The van der Waals surface area contributed by atoms with E-state index >= 15 is 0 Å². The molecule has 0 unspecified atom stereocenters. The summed E-state index contributed by atoms with van der Waals surface area (Å²) in [5.41, 5.74) is 0.888. The van der Waals surface area contributed by atoms with Gasteiger partial charge in [-0.15, -0.1) is 0 Å². The molecule has 0 amide bonds. The molecule has 2 aromatic heterocycles. The van der Waals surface area contributed by atoms with Gasteiger partial charge in [0, 0.05) is 0 Å². The summed E-state index contributed by atoms with van der Waals surface area (Å²) in [5.74, 6) is 0. The predicted octanol–water partition coefficient (Wildman–Crippen LogP) is -2.14. The van der Waals surface area contributed by atoms with E-state index < -0.39 is 50.5 Å². The number of aromatic nitrogens is 4. The second kappa shape index (κ2) is 8.55. The van der Waals surface area contributed by atoms with Crippen molar-refractivity contribution >= 4 is 30.0 Å². The van der Waals surface area contributed by atoms with E-state index in [1.165, 1.54) is 4.57 Å². The Labute approximate surface area is 173 Å². The summed E-state index contributed by atoms with van der Waals surface area (Å²) in [6.45, 7) is 2.35. The highest BCUT2D eigenvalue weighted by Crippen LogP contribution is 2.35. The first-order valence-corrected chi connectivity index (χ1v) is 10.6. The summed E-state index contributed by atoms with van der Waals surface area (Å²) in [7, 11) is -4.89. The van der Waals surface area contributed by atoms with Crippen LogP contribution < -0.4 is 15.8 Å². The Hall–Kier alpha value is -2.51. The Balaban J connectivity index is 2.08. The number of H-pyrrole nitrogens is 2. The SMILES string of the molecule is Cc1cc2nc3c(=O)[nH]c(=O)[nH]c3[n+](C[C@H](O)[C@H](O)[C@@H](O)COP(=O)(O)O)c2cc1C. The molecule has 0 saturated heterocycles. The quantitative estimate of drug-likeness (QED) is 0.116. The normalized spacial score (nSPS) is 15.3. The lowest BCUT2D eigenvalue weighted by Gasteiger charge is -2.22. The molecule has 0 aliphatic rings. The van der Waals surface area contributed by atoms with Gasteiger partial charge in [-0.1, -0.05) is 0 Å². The number of aliphatic hydroxyl groups is 3. The van der Waals surface area contributed by atoms with Crippen molar-refractivity contribution < 1.29 is 38.8 Å². The van der Waals surface area contributed by atoms with E-state index in [1.54, 1.807) is 12.1 Å². The van der Waals surface area contributed by atoms with Gasteiger partial charge in [0.25, 0.3) is 5.56 Å². The standard InChI is InChI=1S/C17H21N4O9P/c1-7-3-9-10(4-8(7)2)21(15-13(18-9)16(25)20-17(26)19-15)5-11(22)14(24)12(23)6-30-31(27,28)29/h3-4,11-12,14,22-24H,5-6H2,1-2H3,(H3,20,25,26,27,28,29)/p+1/t11-,12-,14-/m0/s1. The van der Waals surface area contributed by atoms with Crippen LogP contribution in [0.4, 0.5) is 0 Å². The van der Waals surface area contributed by atoms with Gasteiger partial charge in [0.2, 0.25) is 5.52 Å². The third kappa shape index (κ3) is 5.05. The maximum Gasteiger partial charge on any atom is 0.469 e. The van der Waals surface area contributed by atoms with E-state index in [4.69, 9.17) is 9.79 Å². The van der Waals surface area contributed by atoms with Gasteiger partial charge < -0.3 is 25.1 Å². The summed E-state index contributed by atoms with van der Waals surface area (Å²) >= 11 is 0.